The minimum absolute atomic E-state index is 0.00291. The monoisotopic (exact) mass is 1400 g/mol. The van der Waals surface area contributed by atoms with E-state index >= 15 is 0 Å². The van der Waals surface area contributed by atoms with E-state index in [0.717, 1.165) is 27.8 Å². The van der Waals surface area contributed by atoms with Crippen molar-refractivity contribution in [1.29, 1.82) is 0 Å². The molecular weight excluding hydrogens is 1320 g/mol. The molecule has 0 radical (unpaired) electrons. The third-order valence-corrected chi connectivity index (χ3v) is 14.2. The summed E-state index contributed by atoms with van der Waals surface area (Å²) in [6.45, 7) is 25.1. The number of anilines is 7. The molecule has 7 rings (SSSR count). The molecule has 0 aliphatic rings. The van der Waals surface area contributed by atoms with Crippen molar-refractivity contribution in [2.24, 2.45) is 27.4 Å². The number of aromatic nitrogens is 1. The van der Waals surface area contributed by atoms with Gasteiger partial charge in [0.1, 0.15) is 11.5 Å². The molecule has 9 N–H and O–H groups in total. The Balaban J connectivity index is 0.000000393. The Kier molecular flexibility index (Phi) is 32.2. The van der Waals surface area contributed by atoms with Gasteiger partial charge in [-0.05, 0) is 123 Å². The number of benzene rings is 6. The highest BCUT2D eigenvalue weighted by Gasteiger charge is 2.24. The summed E-state index contributed by atoms with van der Waals surface area (Å²) in [6, 6.07) is 39.0. The number of amides is 3. The van der Waals surface area contributed by atoms with Crippen LogP contribution in [0.15, 0.2) is 139 Å². The number of carbonyl (C=O) groups excluding carboxylic acids is 7. The summed E-state index contributed by atoms with van der Waals surface area (Å²) in [5, 5.41) is 18.6. The van der Waals surface area contributed by atoms with Crippen molar-refractivity contribution in [3.05, 3.63) is 166 Å². The summed E-state index contributed by atoms with van der Waals surface area (Å²) in [7, 11) is 3.17. The fourth-order valence-electron chi connectivity index (χ4n) is 6.40. The van der Waals surface area contributed by atoms with Gasteiger partial charge in [-0.25, -0.2) is 4.98 Å². The predicted octanol–water partition coefficient (Wildman–Crippen LogP) is 17.6. The second kappa shape index (κ2) is 37.0. The number of ketones is 3. The first kappa shape index (κ1) is 79.4. The third-order valence-electron chi connectivity index (χ3n) is 11.8. The van der Waals surface area contributed by atoms with Crippen LogP contribution >= 0.6 is 74.3 Å². The molecule has 0 bridgehead atoms. The molecule has 0 aliphatic carbocycles. The Hall–Kier alpha value is -7.72. The number of thiocarbonyl (C=S) groups is 1. The average Bonchev–Trinajstić information content (AvgIpc) is 2.18. The fourth-order valence-corrected chi connectivity index (χ4v) is 7.91. The first-order chi connectivity index (χ1) is 42.2. The van der Waals surface area contributed by atoms with Crippen LogP contribution in [0.1, 0.15) is 128 Å². The van der Waals surface area contributed by atoms with Gasteiger partial charge in [0.2, 0.25) is 23.0 Å². The number of methoxy groups -OCH3 is 2. The molecule has 17 nitrogen and oxygen atoms in total. The smallest absolute Gasteiger partial charge is 0.229 e. The molecule has 0 fully saturated rings. The number of alkyl halides is 1. The number of Topliss-reactive ketones (excluding diaryl/α,β-unsaturated/α-hetero) is 3. The quantitative estimate of drug-likeness (QED) is 0.0186. The maximum atomic E-state index is 12.2. The van der Waals surface area contributed by atoms with Crippen molar-refractivity contribution in [3.63, 3.8) is 0 Å². The molecule has 1 aromatic heterocycles. The molecule has 0 aliphatic heterocycles. The molecule has 23 heteroatoms. The van der Waals surface area contributed by atoms with Gasteiger partial charge >= 0.3 is 0 Å². The summed E-state index contributed by atoms with van der Waals surface area (Å²) >= 11 is 26.3. The number of nitrogen functional groups attached to an aromatic ring is 1. The highest BCUT2D eigenvalue weighted by Crippen LogP contribution is 2.34. The lowest BCUT2D eigenvalue weighted by molar-refractivity contribution is -0.123. The number of carbonyl (C=O) groups is 7. The summed E-state index contributed by atoms with van der Waals surface area (Å²) in [5.74, 6) is 1.22. The summed E-state index contributed by atoms with van der Waals surface area (Å²) < 4.78 is 10.4. The topological polar surface area (TPSA) is 263 Å². The number of thiazole rings is 1. The van der Waals surface area contributed by atoms with E-state index in [1.165, 1.54) is 25.2 Å². The second-order valence-electron chi connectivity index (χ2n) is 24.0. The number of nitrogens with one attached hydrogen (secondary N) is 5. The fraction of sp³-hybridized carbons (Fsp3) is 0.309. The van der Waals surface area contributed by atoms with E-state index in [2.05, 4.69) is 47.5 Å². The Bertz CT molecular complexity index is 3650. The van der Waals surface area contributed by atoms with Crippen LogP contribution in [0, 0.1) is 21.7 Å². The van der Waals surface area contributed by atoms with Crippen LogP contribution in [-0.4, -0.2) is 70.0 Å². The van der Waals surface area contributed by atoms with E-state index in [-0.39, 0.29) is 56.2 Å². The Morgan fingerprint density at radius 1 is 0.549 bits per heavy atom. The van der Waals surface area contributed by atoms with Gasteiger partial charge in [-0.3, -0.25) is 33.6 Å². The number of halogens is 4. The highest BCUT2D eigenvalue weighted by atomic mass is 79.9. The number of rotatable bonds is 13. The number of ether oxygens (including phenoxy) is 2. The van der Waals surface area contributed by atoms with Gasteiger partial charge in [0, 0.05) is 82.1 Å². The predicted molar refractivity (Wildman–Crippen MR) is 384 cm³/mol. The molecule has 0 saturated heterocycles. The van der Waals surface area contributed by atoms with Crippen molar-refractivity contribution in [3.8, 4) is 22.8 Å². The van der Waals surface area contributed by atoms with Crippen LogP contribution in [0.3, 0.4) is 0 Å². The maximum Gasteiger partial charge on any atom is 0.229 e. The molecule has 7 aromatic rings. The van der Waals surface area contributed by atoms with E-state index in [4.69, 9.17) is 68.0 Å². The van der Waals surface area contributed by atoms with Crippen molar-refractivity contribution >= 4 is 159 Å². The van der Waals surface area contributed by atoms with Crippen LogP contribution in [0.4, 0.5) is 39.3 Å². The molecular formula is C68H82BrCl3N8O9S2. The maximum absolute atomic E-state index is 12.2. The van der Waals surface area contributed by atoms with E-state index in [0.29, 0.717) is 61.0 Å². The molecule has 3 amide bonds. The van der Waals surface area contributed by atoms with Crippen LogP contribution in [-0.2, 0) is 19.2 Å². The van der Waals surface area contributed by atoms with Gasteiger partial charge in [-0.1, -0.05) is 171 Å². The van der Waals surface area contributed by atoms with Gasteiger partial charge in [0.15, 0.2) is 27.6 Å². The molecule has 488 valence electrons. The number of nitrogens with two attached hydrogens (primary N) is 2. The molecule has 91 heavy (non-hydrogen) atoms. The van der Waals surface area contributed by atoms with Crippen LogP contribution in [0.2, 0.25) is 10.0 Å². The lowest BCUT2D eigenvalue weighted by atomic mass is 9.95. The second-order valence-corrected chi connectivity index (χ2v) is 27.1. The first-order valence-electron chi connectivity index (χ1n) is 28.1. The minimum Gasteiger partial charge on any atom is -0.495 e. The standard InChI is InChI=1S/C21H22ClN3O2S.C13H16BrNO2.C13H17NO2.C8H9ClN2OS.C8H9NO.C5H9ClO/c1-21(2,3)19(26)23-15-7-5-6-13(10-15)17-12-28-20(25-17)24-16-11-14(22)8-9-18(16)27-4;1-13(2,3)12(17)15-10-6-4-5-9(7-10)11(16)8-14;1-9(15)10-6-5-7-11(8-10)14-12(16)13(2,3)4;1-12-7-3-2-5(9)4-6(7)11-8(10)13;1-6(10)7-3-2-4-8(9)5-7;1-5(2,3)4(6)7/h5-12H,1-4H3,(H,23,26)(H,24,25);4-7H,8H2,1-3H3,(H,15,17);5-8H,1-4H3,(H,14,16);2-4H,1H3,(H3,10,11,13);2-5H,9H2,1H3;1-3H3. The van der Waals surface area contributed by atoms with Gasteiger partial charge in [-0.15, -0.1) is 11.3 Å². The number of hydrogen-bond donors (Lipinski definition) is 7. The van der Waals surface area contributed by atoms with Gasteiger partial charge < -0.3 is 47.5 Å². The molecule has 0 saturated carbocycles. The van der Waals surface area contributed by atoms with Crippen molar-refractivity contribution < 1.29 is 43.0 Å². The Labute approximate surface area is 567 Å². The van der Waals surface area contributed by atoms with Crippen molar-refractivity contribution in [1.82, 2.24) is 4.98 Å². The molecule has 6 aromatic carbocycles. The van der Waals surface area contributed by atoms with E-state index in [1.807, 2.05) is 92.0 Å². The highest BCUT2D eigenvalue weighted by molar-refractivity contribution is 9.09. The SMILES string of the molecule is CC(=O)c1cccc(N)c1.CC(=O)c1cccc(NC(=O)C(C)(C)C)c1.CC(C)(C)C(=O)Cl.CC(C)(C)C(=O)Nc1cccc(C(=O)CBr)c1.COc1ccc(Cl)cc1NC(N)=S.COc1ccc(Cl)cc1Nc1nc(-c2cccc(NC(=O)C(C)(C)C)c2)cs1. The van der Waals surface area contributed by atoms with Gasteiger partial charge in [0.05, 0.1) is 36.6 Å². The first-order valence-corrected chi connectivity index (χ1v) is 31.6. The van der Waals surface area contributed by atoms with Crippen LogP contribution in [0.25, 0.3) is 11.3 Å². The molecule has 0 spiro atoms. The van der Waals surface area contributed by atoms with Crippen LogP contribution < -0.4 is 47.5 Å². The Morgan fingerprint density at radius 2 is 0.945 bits per heavy atom. The van der Waals surface area contributed by atoms with Crippen molar-refractivity contribution in [2.75, 3.05) is 51.9 Å². The molecule has 0 unspecified atom stereocenters. The minimum atomic E-state index is -0.455. The zero-order chi connectivity index (χ0) is 69.2. The molecule has 0 atom stereocenters. The van der Waals surface area contributed by atoms with Gasteiger partial charge in [-0.2, -0.15) is 0 Å². The Morgan fingerprint density at radius 3 is 1.34 bits per heavy atom. The third kappa shape index (κ3) is 29.9. The van der Waals surface area contributed by atoms with Crippen LogP contribution in [0.5, 0.6) is 11.5 Å². The zero-order valence-corrected chi connectivity index (χ0v) is 59.6. The average molecular weight is 1410 g/mol. The van der Waals surface area contributed by atoms with E-state index in [9.17, 15) is 33.6 Å². The number of hydrogen-bond acceptors (Lipinski definition) is 14. The molecule has 1 heterocycles. The summed E-state index contributed by atoms with van der Waals surface area (Å²) in [6.07, 6.45) is 0. The number of nitrogens with zero attached hydrogens (tertiary/aromatic N) is 1. The van der Waals surface area contributed by atoms with Gasteiger partial charge in [0.25, 0.3) is 0 Å². The van der Waals surface area contributed by atoms with Crippen molar-refractivity contribution in [2.45, 2.75) is 96.9 Å². The largest absolute Gasteiger partial charge is 0.495 e. The summed E-state index contributed by atoms with van der Waals surface area (Å²) in [5.41, 5.74) is 16.8. The zero-order valence-electron chi connectivity index (χ0n) is 54.1. The normalized spacial score (nSPS) is 10.7. The van der Waals surface area contributed by atoms with E-state index < -0.39 is 16.2 Å². The lowest BCUT2D eigenvalue weighted by Gasteiger charge is -2.17. The summed E-state index contributed by atoms with van der Waals surface area (Å²) in [4.78, 5) is 84.0. The lowest BCUT2D eigenvalue weighted by Crippen LogP contribution is -2.27. The van der Waals surface area contributed by atoms with E-state index in [1.54, 1.807) is 144 Å².